The Hall–Kier alpha value is -1.47. The van der Waals surface area contributed by atoms with Crippen LogP contribution in [0.3, 0.4) is 0 Å². The van der Waals surface area contributed by atoms with Gasteiger partial charge in [0.05, 0.1) is 6.54 Å². The first-order valence-corrected chi connectivity index (χ1v) is 5.76. The maximum absolute atomic E-state index is 11.3. The monoisotopic (exact) mass is 239 g/mol. The molecule has 17 heavy (non-hydrogen) atoms. The summed E-state index contributed by atoms with van der Waals surface area (Å²) < 4.78 is 5.43. The van der Waals surface area contributed by atoms with Crippen molar-refractivity contribution in [2.45, 2.75) is 25.9 Å². The van der Waals surface area contributed by atoms with Gasteiger partial charge in [0.15, 0.2) is 0 Å². The van der Waals surface area contributed by atoms with E-state index in [1.807, 2.05) is 11.8 Å². The molecule has 3 N–H and O–H groups in total. The van der Waals surface area contributed by atoms with E-state index in [2.05, 4.69) is 15.5 Å². The van der Waals surface area contributed by atoms with E-state index >= 15 is 0 Å². The van der Waals surface area contributed by atoms with Crippen LogP contribution in [-0.4, -0.2) is 46.7 Å². The lowest BCUT2D eigenvalue weighted by molar-refractivity contribution is -0.124. The summed E-state index contributed by atoms with van der Waals surface area (Å²) in [4.78, 5) is 13.3. The third-order valence-electron chi connectivity index (χ3n) is 2.83. The van der Waals surface area contributed by atoms with E-state index in [1.165, 1.54) is 0 Å². The Morgan fingerprint density at radius 1 is 1.59 bits per heavy atom. The Morgan fingerprint density at radius 3 is 3.00 bits per heavy atom. The summed E-state index contributed by atoms with van der Waals surface area (Å²) in [5, 5.41) is 11.0. The first kappa shape index (κ1) is 12.0. The van der Waals surface area contributed by atoms with Crippen LogP contribution < -0.4 is 11.1 Å². The number of nitrogens with zero attached hydrogens (tertiary/aromatic N) is 3. The summed E-state index contributed by atoms with van der Waals surface area (Å²) in [6.07, 6.45) is 0.716. The zero-order valence-corrected chi connectivity index (χ0v) is 9.85. The number of amides is 1. The number of rotatable bonds is 4. The summed E-state index contributed by atoms with van der Waals surface area (Å²) in [6.45, 7) is 4.58. The molecule has 1 aliphatic rings. The third kappa shape index (κ3) is 2.80. The van der Waals surface area contributed by atoms with Crippen LogP contribution in [0.15, 0.2) is 4.42 Å². The fourth-order valence-corrected chi connectivity index (χ4v) is 1.89. The highest BCUT2D eigenvalue weighted by Crippen LogP contribution is 2.09. The SMILES string of the molecule is CCc1nnc(CN2CCNCC2C(N)=O)o1. The molecule has 1 amide bonds. The average molecular weight is 239 g/mol. The minimum Gasteiger partial charge on any atom is -0.424 e. The van der Waals surface area contributed by atoms with Crippen LogP contribution in [0.5, 0.6) is 0 Å². The van der Waals surface area contributed by atoms with Gasteiger partial charge in [0.1, 0.15) is 6.04 Å². The minimum absolute atomic E-state index is 0.305. The molecule has 1 aromatic rings. The molecule has 7 nitrogen and oxygen atoms in total. The van der Waals surface area contributed by atoms with Gasteiger partial charge in [-0.15, -0.1) is 10.2 Å². The van der Waals surface area contributed by atoms with Gasteiger partial charge in [-0.3, -0.25) is 9.69 Å². The fraction of sp³-hybridized carbons (Fsp3) is 0.700. The van der Waals surface area contributed by atoms with Crippen molar-refractivity contribution in [3.63, 3.8) is 0 Å². The van der Waals surface area contributed by atoms with E-state index in [4.69, 9.17) is 10.2 Å². The molecular weight excluding hydrogens is 222 g/mol. The molecule has 1 fully saturated rings. The number of piperazine rings is 1. The highest BCUT2D eigenvalue weighted by atomic mass is 16.4. The van der Waals surface area contributed by atoms with Gasteiger partial charge in [0.2, 0.25) is 17.7 Å². The molecule has 2 heterocycles. The highest BCUT2D eigenvalue weighted by Gasteiger charge is 2.27. The lowest BCUT2D eigenvalue weighted by Crippen LogP contribution is -2.56. The molecule has 1 unspecified atom stereocenters. The molecule has 94 valence electrons. The Balaban J connectivity index is 2.02. The Kier molecular flexibility index (Phi) is 3.70. The van der Waals surface area contributed by atoms with Crippen molar-refractivity contribution in [2.75, 3.05) is 19.6 Å². The van der Waals surface area contributed by atoms with E-state index < -0.39 is 0 Å². The van der Waals surface area contributed by atoms with Gasteiger partial charge in [-0.05, 0) is 0 Å². The number of nitrogens with one attached hydrogen (secondary N) is 1. The van der Waals surface area contributed by atoms with Gasteiger partial charge in [-0.25, -0.2) is 0 Å². The van der Waals surface area contributed by atoms with Gasteiger partial charge in [-0.2, -0.15) is 0 Å². The van der Waals surface area contributed by atoms with Crippen molar-refractivity contribution in [1.29, 1.82) is 0 Å². The second-order valence-corrected chi connectivity index (χ2v) is 4.04. The minimum atomic E-state index is -0.326. The first-order chi connectivity index (χ1) is 8.20. The van der Waals surface area contributed by atoms with E-state index in [1.54, 1.807) is 0 Å². The summed E-state index contributed by atoms with van der Waals surface area (Å²) >= 11 is 0. The maximum Gasteiger partial charge on any atom is 0.236 e. The molecule has 0 aliphatic carbocycles. The zero-order valence-electron chi connectivity index (χ0n) is 9.85. The van der Waals surface area contributed by atoms with Crippen LogP contribution in [0.2, 0.25) is 0 Å². The summed E-state index contributed by atoms with van der Waals surface area (Å²) in [5.41, 5.74) is 5.36. The molecule has 1 aromatic heterocycles. The number of nitrogens with two attached hydrogens (primary N) is 1. The molecule has 0 radical (unpaired) electrons. The van der Waals surface area contributed by atoms with Crippen LogP contribution >= 0.6 is 0 Å². The van der Waals surface area contributed by atoms with E-state index in [0.717, 1.165) is 13.1 Å². The van der Waals surface area contributed by atoms with Gasteiger partial charge in [0.25, 0.3) is 0 Å². The van der Waals surface area contributed by atoms with Crippen LogP contribution in [0.25, 0.3) is 0 Å². The lowest BCUT2D eigenvalue weighted by atomic mass is 10.2. The molecule has 2 rings (SSSR count). The van der Waals surface area contributed by atoms with Crippen molar-refractivity contribution in [3.8, 4) is 0 Å². The number of aryl methyl sites for hydroxylation is 1. The van der Waals surface area contributed by atoms with Crippen LogP contribution in [0.1, 0.15) is 18.7 Å². The molecule has 1 aliphatic heterocycles. The summed E-state index contributed by atoms with van der Waals surface area (Å²) in [5.74, 6) is 0.827. The predicted molar refractivity (Wildman–Crippen MR) is 59.9 cm³/mol. The van der Waals surface area contributed by atoms with Gasteiger partial charge < -0.3 is 15.5 Å². The molecule has 7 heteroatoms. The van der Waals surface area contributed by atoms with Crippen molar-refractivity contribution in [3.05, 3.63) is 11.8 Å². The fourth-order valence-electron chi connectivity index (χ4n) is 1.89. The number of carbonyl (C=O) groups is 1. The quantitative estimate of drug-likeness (QED) is 0.691. The number of hydrogen-bond donors (Lipinski definition) is 2. The second kappa shape index (κ2) is 5.24. The number of aromatic nitrogens is 2. The van der Waals surface area contributed by atoms with Crippen LogP contribution in [-0.2, 0) is 17.8 Å². The van der Waals surface area contributed by atoms with Gasteiger partial charge in [-0.1, -0.05) is 6.92 Å². The highest BCUT2D eigenvalue weighted by molar-refractivity contribution is 5.80. The first-order valence-electron chi connectivity index (χ1n) is 5.76. The van der Waals surface area contributed by atoms with Crippen molar-refractivity contribution in [2.24, 2.45) is 5.73 Å². The zero-order chi connectivity index (χ0) is 12.3. The topological polar surface area (TPSA) is 97.3 Å². The molecule has 0 saturated carbocycles. The smallest absolute Gasteiger partial charge is 0.236 e. The summed E-state index contributed by atoms with van der Waals surface area (Å²) in [7, 11) is 0. The molecule has 0 aromatic carbocycles. The summed E-state index contributed by atoms with van der Waals surface area (Å²) in [6, 6.07) is -0.305. The number of primary amides is 1. The van der Waals surface area contributed by atoms with Crippen molar-refractivity contribution < 1.29 is 9.21 Å². The molecule has 1 saturated heterocycles. The van der Waals surface area contributed by atoms with Gasteiger partial charge >= 0.3 is 0 Å². The third-order valence-corrected chi connectivity index (χ3v) is 2.83. The van der Waals surface area contributed by atoms with Crippen molar-refractivity contribution >= 4 is 5.91 Å². The molecule has 0 spiro atoms. The average Bonchev–Trinajstić information content (AvgIpc) is 2.77. The van der Waals surface area contributed by atoms with Crippen LogP contribution in [0.4, 0.5) is 0 Å². The molecule has 1 atom stereocenters. The molecule has 0 bridgehead atoms. The van der Waals surface area contributed by atoms with Crippen LogP contribution in [0, 0.1) is 0 Å². The Bertz CT molecular complexity index is 392. The standard InChI is InChI=1S/C10H17N5O2/c1-2-8-13-14-9(17-8)6-15-4-3-12-5-7(15)10(11)16/h7,12H,2-6H2,1H3,(H2,11,16). The van der Waals surface area contributed by atoms with E-state index in [0.29, 0.717) is 31.3 Å². The number of carbonyl (C=O) groups excluding carboxylic acids is 1. The normalized spacial score (nSPS) is 21.6. The molecular formula is C10H17N5O2. The number of hydrogen-bond acceptors (Lipinski definition) is 6. The van der Waals surface area contributed by atoms with E-state index in [9.17, 15) is 4.79 Å². The lowest BCUT2D eigenvalue weighted by Gasteiger charge is -2.32. The Labute approximate surface area is 99.4 Å². The predicted octanol–water partition coefficient (Wildman–Crippen LogP) is -1.11. The van der Waals surface area contributed by atoms with Gasteiger partial charge in [0, 0.05) is 26.1 Å². The maximum atomic E-state index is 11.3. The largest absolute Gasteiger partial charge is 0.424 e. The van der Waals surface area contributed by atoms with Crippen molar-refractivity contribution in [1.82, 2.24) is 20.4 Å². The van der Waals surface area contributed by atoms with E-state index in [-0.39, 0.29) is 11.9 Å². The second-order valence-electron chi connectivity index (χ2n) is 4.04. The Morgan fingerprint density at radius 2 is 2.35 bits per heavy atom.